The molecule has 1 aliphatic carbocycles. The van der Waals surface area contributed by atoms with Gasteiger partial charge in [0.05, 0.1) is 0 Å². The first-order chi connectivity index (χ1) is 9.27. The highest BCUT2D eigenvalue weighted by Gasteiger charge is 2.28. The Kier molecular flexibility index (Phi) is 1.96. The molecule has 0 heterocycles. The van der Waals surface area contributed by atoms with Crippen LogP contribution in [-0.4, -0.2) is 5.78 Å². The molecule has 0 aliphatic heterocycles. The van der Waals surface area contributed by atoms with Crippen LogP contribution >= 0.6 is 0 Å². The predicted octanol–water partition coefficient (Wildman–Crippen LogP) is 4.36. The molecule has 0 atom stereocenters. The van der Waals surface area contributed by atoms with E-state index in [2.05, 4.69) is 25.1 Å². The summed E-state index contributed by atoms with van der Waals surface area (Å²) >= 11 is 0. The van der Waals surface area contributed by atoms with E-state index in [0.29, 0.717) is 0 Å². The molecule has 0 radical (unpaired) electrons. The zero-order valence-electron chi connectivity index (χ0n) is 10.6. The smallest absolute Gasteiger partial charge is 0.194 e. The van der Waals surface area contributed by atoms with Gasteiger partial charge in [0.1, 0.15) is 0 Å². The molecule has 0 saturated carbocycles. The number of ketones is 1. The Bertz CT molecular complexity index is 843. The molecule has 0 amide bonds. The number of fused-ring (bicyclic) bond motifs is 5. The molecule has 0 aromatic heterocycles. The minimum absolute atomic E-state index is 0.152. The van der Waals surface area contributed by atoms with Gasteiger partial charge in [0.15, 0.2) is 5.78 Å². The third kappa shape index (κ3) is 1.27. The molecule has 1 nitrogen and oxygen atoms in total. The van der Waals surface area contributed by atoms with Gasteiger partial charge in [-0.25, -0.2) is 0 Å². The summed E-state index contributed by atoms with van der Waals surface area (Å²) in [5, 5.41) is 2.35. The van der Waals surface area contributed by atoms with E-state index in [9.17, 15) is 4.79 Å². The highest BCUT2D eigenvalue weighted by atomic mass is 16.1. The van der Waals surface area contributed by atoms with E-state index in [1.807, 2.05) is 36.4 Å². The number of benzene rings is 3. The quantitative estimate of drug-likeness (QED) is 0.449. The predicted molar refractivity (Wildman–Crippen MR) is 77.6 cm³/mol. The van der Waals surface area contributed by atoms with Crippen LogP contribution in [0.3, 0.4) is 0 Å². The van der Waals surface area contributed by atoms with E-state index in [1.54, 1.807) is 0 Å². The highest BCUT2D eigenvalue weighted by molar-refractivity contribution is 6.26. The zero-order valence-corrected chi connectivity index (χ0v) is 10.6. The first-order valence-electron chi connectivity index (χ1n) is 6.44. The maximum absolute atomic E-state index is 12.5. The van der Waals surface area contributed by atoms with Gasteiger partial charge in [0.2, 0.25) is 0 Å². The zero-order chi connectivity index (χ0) is 13.0. The largest absolute Gasteiger partial charge is 0.289 e. The molecule has 19 heavy (non-hydrogen) atoms. The molecule has 0 fully saturated rings. The maximum atomic E-state index is 12.5. The lowest BCUT2D eigenvalue weighted by Gasteiger charge is -2.07. The Balaban J connectivity index is 2.24. The number of rotatable bonds is 0. The number of hydrogen-bond donors (Lipinski definition) is 0. The molecule has 1 heteroatoms. The Hall–Kier alpha value is -2.41. The topological polar surface area (TPSA) is 17.1 Å². The number of hydrogen-bond acceptors (Lipinski definition) is 1. The van der Waals surface area contributed by atoms with Crippen molar-refractivity contribution in [1.82, 2.24) is 0 Å². The lowest BCUT2D eigenvalue weighted by Crippen LogP contribution is -1.94. The van der Waals surface area contributed by atoms with Crippen molar-refractivity contribution in [3.8, 4) is 11.1 Å². The van der Waals surface area contributed by atoms with Crippen LogP contribution in [0, 0.1) is 6.92 Å². The second-order valence-corrected chi connectivity index (χ2v) is 5.04. The van der Waals surface area contributed by atoms with Gasteiger partial charge in [-0.2, -0.15) is 0 Å². The van der Waals surface area contributed by atoms with Gasteiger partial charge < -0.3 is 0 Å². The number of aryl methyl sites for hydroxylation is 1. The fourth-order valence-corrected chi connectivity index (χ4v) is 3.06. The Labute approximate surface area is 111 Å². The second-order valence-electron chi connectivity index (χ2n) is 5.04. The molecule has 0 spiro atoms. The normalized spacial score (nSPS) is 12.6. The average Bonchev–Trinajstić information content (AvgIpc) is 2.74. The lowest BCUT2D eigenvalue weighted by molar-refractivity contribution is 0.104. The van der Waals surface area contributed by atoms with Crippen LogP contribution in [0.4, 0.5) is 0 Å². The molecular weight excluding hydrogens is 232 g/mol. The fraction of sp³-hybridized carbons (Fsp3) is 0.0556. The van der Waals surface area contributed by atoms with Crippen LogP contribution in [0.2, 0.25) is 0 Å². The van der Waals surface area contributed by atoms with Crippen LogP contribution in [0.25, 0.3) is 21.9 Å². The van der Waals surface area contributed by atoms with E-state index in [0.717, 1.165) is 22.3 Å². The first kappa shape index (κ1) is 10.5. The Morgan fingerprint density at radius 1 is 0.737 bits per heavy atom. The summed E-state index contributed by atoms with van der Waals surface area (Å²) in [5.41, 5.74) is 5.06. The monoisotopic (exact) mass is 244 g/mol. The van der Waals surface area contributed by atoms with E-state index in [4.69, 9.17) is 0 Å². The third-order valence-corrected chi connectivity index (χ3v) is 3.94. The summed E-state index contributed by atoms with van der Waals surface area (Å²) in [6.07, 6.45) is 0. The van der Waals surface area contributed by atoms with Crippen molar-refractivity contribution >= 4 is 16.6 Å². The van der Waals surface area contributed by atoms with Gasteiger partial charge in [0, 0.05) is 16.7 Å². The molecule has 0 N–H and O–H groups in total. The van der Waals surface area contributed by atoms with Crippen molar-refractivity contribution in [2.75, 3.05) is 0 Å². The standard InChI is InChI=1S/C18H12O/c1-11-5-4-8-14-16(11)17-13-7-3-2-6-12(13)9-10-15(17)18(14)19/h2-10H,1H3. The van der Waals surface area contributed by atoms with Crippen LogP contribution in [0.5, 0.6) is 0 Å². The molecule has 4 rings (SSSR count). The first-order valence-corrected chi connectivity index (χ1v) is 6.44. The third-order valence-electron chi connectivity index (χ3n) is 3.94. The highest BCUT2D eigenvalue weighted by Crippen LogP contribution is 2.42. The molecular formula is C18H12O. The van der Waals surface area contributed by atoms with Crippen LogP contribution in [-0.2, 0) is 0 Å². The molecule has 0 bridgehead atoms. The summed E-state index contributed by atoms with van der Waals surface area (Å²) in [5.74, 6) is 0.152. The van der Waals surface area contributed by atoms with Crippen LogP contribution in [0.1, 0.15) is 21.5 Å². The SMILES string of the molecule is Cc1cccc2c1-c1c(ccc3ccccc13)C2=O. The molecule has 0 saturated heterocycles. The van der Waals surface area contributed by atoms with E-state index in [1.165, 1.54) is 16.3 Å². The molecule has 1 aliphatic rings. The van der Waals surface area contributed by atoms with Crippen molar-refractivity contribution < 1.29 is 4.79 Å². The van der Waals surface area contributed by atoms with Gasteiger partial charge in [-0.05, 0) is 34.9 Å². The van der Waals surface area contributed by atoms with Crippen LogP contribution < -0.4 is 0 Å². The Morgan fingerprint density at radius 2 is 1.53 bits per heavy atom. The summed E-state index contributed by atoms with van der Waals surface area (Å²) in [4.78, 5) is 12.5. The van der Waals surface area contributed by atoms with Gasteiger partial charge in [-0.3, -0.25) is 4.79 Å². The summed E-state index contributed by atoms with van der Waals surface area (Å²) < 4.78 is 0. The molecule has 3 aromatic rings. The van der Waals surface area contributed by atoms with Crippen molar-refractivity contribution in [3.05, 3.63) is 71.3 Å². The molecule has 90 valence electrons. The second kappa shape index (κ2) is 3.55. The summed E-state index contributed by atoms with van der Waals surface area (Å²) in [6, 6.07) is 18.2. The lowest BCUT2D eigenvalue weighted by atomic mass is 9.95. The molecule has 3 aromatic carbocycles. The van der Waals surface area contributed by atoms with Crippen molar-refractivity contribution in [3.63, 3.8) is 0 Å². The van der Waals surface area contributed by atoms with Gasteiger partial charge >= 0.3 is 0 Å². The van der Waals surface area contributed by atoms with Crippen molar-refractivity contribution in [1.29, 1.82) is 0 Å². The fourth-order valence-electron chi connectivity index (χ4n) is 3.06. The number of carbonyl (C=O) groups excluding carboxylic acids is 1. The molecule has 0 unspecified atom stereocenters. The summed E-state index contributed by atoms with van der Waals surface area (Å²) in [7, 11) is 0. The van der Waals surface area contributed by atoms with Crippen molar-refractivity contribution in [2.45, 2.75) is 6.92 Å². The van der Waals surface area contributed by atoms with Gasteiger partial charge in [-0.1, -0.05) is 48.5 Å². The Morgan fingerprint density at radius 3 is 2.42 bits per heavy atom. The van der Waals surface area contributed by atoms with Crippen LogP contribution in [0.15, 0.2) is 54.6 Å². The van der Waals surface area contributed by atoms with Gasteiger partial charge in [0.25, 0.3) is 0 Å². The minimum atomic E-state index is 0.152. The average molecular weight is 244 g/mol. The maximum Gasteiger partial charge on any atom is 0.194 e. The summed E-state index contributed by atoms with van der Waals surface area (Å²) in [6.45, 7) is 2.07. The van der Waals surface area contributed by atoms with E-state index in [-0.39, 0.29) is 5.78 Å². The van der Waals surface area contributed by atoms with Gasteiger partial charge in [-0.15, -0.1) is 0 Å². The number of carbonyl (C=O) groups is 1. The van der Waals surface area contributed by atoms with E-state index >= 15 is 0 Å². The van der Waals surface area contributed by atoms with Crippen molar-refractivity contribution in [2.24, 2.45) is 0 Å². The minimum Gasteiger partial charge on any atom is -0.289 e. The van der Waals surface area contributed by atoms with E-state index < -0.39 is 0 Å².